The molecule has 0 aliphatic heterocycles. The number of para-hydroxylation sites is 1. The van der Waals surface area contributed by atoms with Crippen molar-refractivity contribution in [2.75, 3.05) is 10.6 Å². The molecule has 0 amide bonds. The smallest absolute Gasteiger partial charge is 0.353 e. The summed E-state index contributed by atoms with van der Waals surface area (Å²) in [5.74, 6) is 1.56. The Balaban J connectivity index is 1.55. The molecule has 2 N–H and O–H groups in total. The Bertz CT molecular complexity index is 1190. The Morgan fingerprint density at radius 1 is 0.774 bits per heavy atom. The molecule has 0 saturated heterocycles. The fraction of sp³-hybridized carbons (Fsp3) is 0. The average Bonchev–Trinajstić information content (AvgIpc) is 2.77. The SMILES string of the molecule is O=[N+]([O-])c1c(Nc2ccc(I)cc2)ncnc1Nc1ccc(Oc2ccccc2)cc1. The minimum atomic E-state index is -0.510. The molecular formula is C22H16IN5O3. The van der Waals surface area contributed by atoms with Gasteiger partial charge in [0.1, 0.15) is 17.8 Å². The Morgan fingerprint density at radius 2 is 1.29 bits per heavy atom. The molecule has 0 radical (unpaired) electrons. The summed E-state index contributed by atoms with van der Waals surface area (Å²) in [7, 11) is 0. The summed E-state index contributed by atoms with van der Waals surface area (Å²) in [4.78, 5) is 19.4. The molecule has 0 aliphatic carbocycles. The number of hydrogen-bond acceptors (Lipinski definition) is 7. The van der Waals surface area contributed by atoms with E-state index >= 15 is 0 Å². The van der Waals surface area contributed by atoms with Crippen molar-refractivity contribution >= 4 is 51.3 Å². The molecular weight excluding hydrogens is 509 g/mol. The molecule has 1 aromatic heterocycles. The number of nitro groups is 1. The fourth-order valence-electron chi connectivity index (χ4n) is 2.77. The third-order valence-electron chi connectivity index (χ3n) is 4.21. The Morgan fingerprint density at radius 3 is 1.84 bits per heavy atom. The molecule has 0 fully saturated rings. The number of benzene rings is 3. The third kappa shape index (κ3) is 5.25. The Labute approximate surface area is 191 Å². The van der Waals surface area contributed by atoms with Gasteiger partial charge in [-0.1, -0.05) is 18.2 Å². The summed E-state index contributed by atoms with van der Waals surface area (Å²) in [6.45, 7) is 0. The van der Waals surface area contributed by atoms with E-state index in [9.17, 15) is 10.1 Å². The highest BCUT2D eigenvalue weighted by Crippen LogP contribution is 2.33. The van der Waals surface area contributed by atoms with Gasteiger partial charge < -0.3 is 15.4 Å². The molecule has 0 atom stereocenters. The molecule has 8 nitrogen and oxygen atoms in total. The van der Waals surface area contributed by atoms with Crippen LogP contribution in [0, 0.1) is 13.7 Å². The van der Waals surface area contributed by atoms with Crippen LogP contribution in [-0.4, -0.2) is 14.9 Å². The number of halogens is 1. The lowest BCUT2D eigenvalue weighted by atomic mass is 10.3. The monoisotopic (exact) mass is 525 g/mol. The van der Waals surface area contributed by atoms with Gasteiger partial charge in [0.15, 0.2) is 0 Å². The van der Waals surface area contributed by atoms with Crippen molar-refractivity contribution in [2.24, 2.45) is 0 Å². The number of aromatic nitrogens is 2. The van der Waals surface area contributed by atoms with Crippen LogP contribution in [0.1, 0.15) is 0 Å². The molecule has 0 bridgehead atoms. The van der Waals surface area contributed by atoms with E-state index in [0.29, 0.717) is 17.1 Å². The number of hydrogen-bond donors (Lipinski definition) is 2. The average molecular weight is 525 g/mol. The summed E-state index contributed by atoms with van der Waals surface area (Å²) in [5, 5.41) is 17.7. The van der Waals surface area contributed by atoms with E-state index in [1.54, 1.807) is 24.3 Å². The predicted molar refractivity (Wildman–Crippen MR) is 127 cm³/mol. The maximum absolute atomic E-state index is 11.8. The van der Waals surface area contributed by atoms with Crippen LogP contribution in [0.25, 0.3) is 0 Å². The number of anilines is 4. The zero-order valence-corrected chi connectivity index (χ0v) is 18.2. The van der Waals surface area contributed by atoms with Crippen molar-refractivity contribution in [3.63, 3.8) is 0 Å². The normalized spacial score (nSPS) is 10.4. The molecule has 9 heteroatoms. The van der Waals surface area contributed by atoms with E-state index in [0.717, 1.165) is 9.32 Å². The fourth-order valence-corrected chi connectivity index (χ4v) is 3.13. The van der Waals surface area contributed by atoms with Crippen LogP contribution < -0.4 is 15.4 Å². The Kier molecular flexibility index (Phi) is 6.22. The number of rotatable bonds is 7. The zero-order chi connectivity index (χ0) is 21.6. The van der Waals surface area contributed by atoms with Crippen LogP contribution in [0.5, 0.6) is 11.5 Å². The first-order chi connectivity index (χ1) is 15.1. The van der Waals surface area contributed by atoms with Crippen molar-refractivity contribution in [2.45, 2.75) is 0 Å². The summed E-state index contributed by atoms with van der Waals surface area (Å²) in [6, 6.07) is 23.9. The molecule has 0 unspecified atom stereocenters. The highest BCUT2D eigenvalue weighted by molar-refractivity contribution is 14.1. The van der Waals surface area contributed by atoms with Crippen molar-refractivity contribution in [3.8, 4) is 11.5 Å². The van der Waals surface area contributed by atoms with Crippen molar-refractivity contribution in [1.82, 2.24) is 9.97 Å². The lowest BCUT2D eigenvalue weighted by molar-refractivity contribution is -0.383. The van der Waals surface area contributed by atoms with E-state index in [4.69, 9.17) is 4.74 Å². The van der Waals surface area contributed by atoms with E-state index in [1.807, 2.05) is 54.6 Å². The first-order valence-electron chi connectivity index (χ1n) is 9.20. The standard InChI is InChI=1S/C22H16IN5O3/c23-15-6-8-16(9-7-15)26-21-20(28(29)30)22(25-14-24-21)27-17-10-12-19(13-11-17)31-18-4-2-1-3-5-18/h1-14H,(H2,24,25,26,27). The van der Waals surface area contributed by atoms with Crippen LogP contribution in [0.15, 0.2) is 85.2 Å². The summed E-state index contributed by atoms with van der Waals surface area (Å²) < 4.78 is 6.82. The highest BCUT2D eigenvalue weighted by atomic mass is 127. The number of nitrogens with zero attached hydrogens (tertiary/aromatic N) is 3. The maximum Gasteiger partial charge on any atom is 0.353 e. The van der Waals surface area contributed by atoms with Gasteiger partial charge in [0.25, 0.3) is 0 Å². The molecule has 31 heavy (non-hydrogen) atoms. The van der Waals surface area contributed by atoms with Gasteiger partial charge in [-0.2, -0.15) is 0 Å². The maximum atomic E-state index is 11.8. The number of ether oxygens (including phenoxy) is 1. The van der Waals surface area contributed by atoms with Gasteiger partial charge in [0, 0.05) is 14.9 Å². The van der Waals surface area contributed by atoms with E-state index in [2.05, 4.69) is 43.2 Å². The molecule has 1 heterocycles. The Hall–Kier alpha value is -3.73. The van der Waals surface area contributed by atoms with Crippen LogP contribution >= 0.6 is 22.6 Å². The summed E-state index contributed by atoms with van der Waals surface area (Å²) in [6.07, 6.45) is 1.28. The second-order valence-electron chi connectivity index (χ2n) is 6.37. The lowest BCUT2D eigenvalue weighted by Gasteiger charge is -2.11. The van der Waals surface area contributed by atoms with Crippen molar-refractivity contribution in [3.05, 3.63) is 98.9 Å². The van der Waals surface area contributed by atoms with Crippen molar-refractivity contribution < 1.29 is 9.66 Å². The van der Waals surface area contributed by atoms with Gasteiger partial charge in [-0.25, -0.2) is 9.97 Å². The largest absolute Gasteiger partial charge is 0.457 e. The highest BCUT2D eigenvalue weighted by Gasteiger charge is 2.23. The van der Waals surface area contributed by atoms with Gasteiger partial charge in [-0.15, -0.1) is 0 Å². The molecule has 0 saturated carbocycles. The van der Waals surface area contributed by atoms with Gasteiger partial charge in [0.2, 0.25) is 11.6 Å². The predicted octanol–water partition coefficient (Wildman–Crippen LogP) is 6.27. The van der Waals surface area contributed by atoms with Crippen LogP contribution in [-0.2, 0) is 0 Å². The van der Waals surface area contributed by atoms with Crippen LogP contribution in [0.4, 0.5) is 28.7 Å². The molecule has 0 aliphatic rings. The van der Waals surface area contributed by atoms with E-state index in [1.165, 1.54) is 6.33 Å². The quantitative estimate of drug-likeness (QED) is 0.167. The van der Waals surface area contributed by atoms with E-state index < -0.39 is 4.92 Å². The minimum absolute atomic E-state index is 0.0877. The summed E-state index contributed by atoms with van der Waals surface area (Å²) >= 11 is 2.19. The van der Waals surface area contributed by atoms with Gasteiger partial charge in [-0.3, -0.25) is 10.1 Å². The van der Waals surface area contributed by atoms with Gasteiger partial charge >= 0.3 is 5.69 Å². The second-order valence-corrected chi connectivity index (χ2v) is 7.62. The van der Waals surface area contributed by atoms with E-state index in [-0.39, 0.29) is 17.3 Å². The molecule has 3 aromatic carbocycles. The molecule has 4 aromatic rings. The van der Waals surface area contributed by atoms with Crippen LogP contribution in [0.3, 0.4) is 0 Å². The van der Waals surface area contributed by atoms with Gasteiger partial charge in [-0.05, 0) is 83.3 Å². The molecule has 154 valence electrons. The molecule has 0 spiro atoms. The number of nitrogens with one attached hydrogen (secondary N) is 2. The van der Waals surface area contributed by atoms with Crippen LogP contribution in [0.2, 0.25) is 0 Å². The minimum Gasteiger partial charge on any atom is -0.457 e. The second kappa shape index (κ2) is 9.39. The zero-order valence-electron chi connectivity index (χ0n) is 16.0. The first-order valence-corrected chi connectivity index (χ1v) is 10.3. The molecule has 4 rings (SSSR count). The third-order valence-corrected chi connectivity index (χ3v) is 4.93. The van der Waals surface area contributed by atoms with Gasteiger partial charge in [0.05, 0.1) is 4.92 Å². The van der Waals surface area contributed by atoms with Crippen molar-refractivity contribution in [1.29, 1.82) is 0 Å². The lowest BCUT2D eigenvalue weighted by Crippen LogP contribution is -2.05. The topological polar surface area (TPSA) is 102 Å². The first kappa shape index (κ1) is 20.5. The summed E-state index contributed by atoms with van der Waals surface area (Å²) in [5.41, 5.74) is 1.07.